The van der Waals surface area contributed by atoms with Crippen molar-refractivity contribution in [2.75, 3.05) is 13.1 Å². The quantitative estimate of drug-likeness (QED) is 0.449. The summed E-state index contributed by atoms with van der Waals surface area (Å²) in [4.78, 5) is 2.19. The Morgan fingerprint density at radius 3 is 1.78 bits per heavy atom. The van der Waals surface area contributed by atoms with Gasteiger partial charge in [-0.05, 0) is 25.9 Å². The highest BCUT2D eigenvalue weighted by atomic mass is 15.1. The van der Waals surface area contributed by atoms with Crippen molar-refractivity contribution in [3.8, 4) is 0 Å². The van der Waals surface area contributed by atoms with Gasteiger partial charge in [0.25, 0.3) is 0 Å². The molecule has 0 amide bonds. The fraction of sp³-hybridized carbons (Fsp3) is 0.875. The predicted octanol–water partition coefficient (Wildman–Crippen LogP) is 2.04. The fourth-order valence-electron chi connectivity index (χ4n) is 1.31. The van der Waals surface area contributed by atoms with E-state index in [1.807, 2.05) is 0 Å². The first-order valence-corrected chi connectivity index (χ1v) is 3.95. The maximum absolute atomic E-state index is 3.93. The van der Waals surface area contributed by atoms with Crippen LogP contribution >= 0.6 is 0 Å². The first kappa shape index (κ1) is 7.07. The highest BCUT2D eigenvalue weighted by Gasteiger charge is 1.97. The molecule has 1 aliphatic heterocycles. The Balaban J connectivity index is 2.12. The molecule has 1 fully saturated rings. The number of hydrogen-bond acceptors (Lipinski definition) is 1. The van der Waals surface area contributed by atoms with Crippen LogP contribution in [0.4, 0.5) is 0 Å². The molecule has 1 heteroatoms. The Morgan fingerprint density at radius 1 is 0.778 bits per heavy atom. The lowest BCUT2D eigenvalue weighted by Gasteiger charge is -2.26. The van der Waals surface area contributed by atoms with Crippen LogP contribution in [-0.4, -0.2) is 18.0 Å². The second kappa shape index (κ2) is 3.89. The van der Waals surface area contributed by atoms with Gasteiger partial charge in [0.1, 0.15) is 0 Å². The van der Waals surface area contributed by atoms with Crippen molar-refractivity contribution in [3.63, 3.8) is 0 Å². The summed E-state index contributed by atoms with van der Waals surface area (Å²) < 4.78 is 0. The van der Waals surface area contributed by atoms with Gasteiger partial charge in [-0.15, -0.1) is 0 Å². The van der Waals surface area contributed by atoms with Crippen LogP contribution in [0.5, 0.6) is 0 Å². The van der Waals surface area contributed by atoms with Crippen LogP contribution in [0.3, 0.4) is 0 Å². The topological polar surface area (TPSA) is 3.24 Å². The summed E-state index contributed by atoms with van der Waals surface area (Å²) in [7, 11) is 3.93. The monoisotopic (exact) mass is 126 g/mol. The molecule has 0 N–H and O–H groups in total. The van der Waals surface area contributed by atoms with Gasteiger partial charge in [0.15, 0.2) is 0 Å². The second-order valence-corrected chi connectivity index (χ2v) is 2.89. The van der Waals surface area contributed by atoms with Crippen molar-refractivity contribution < 1.29 is 0 Å². The Labute approximate surface area is 58.0 Å². The molecule has 0 aliphatic carbocycles. The molecule has 1 nitrogen and oxygen atoms in total. The molecular weight excluding hydrogens is 110 g/mol. The van der Waals surface area contributed by atoms with Crippen LogP contribution in [0, 0.1) is 7.05 Å². The lowest BCUT2D eigenvalue weighted by Crippen LogP contribution is -2.19. The molecule has 54 valence electrons. The van der Waals surface area contributed by atoms with Crippen molar-refractivity contribution in [2.24, 2.45) is 0 Å². The maximum Gasteiger partial charge on any atom is -0.0304 e. The molecule has 0 atom stereocenters. The van der Waals surface area contributed by atoms with E-state index in [0.717, 1.165) is 0 Å². The zero-order valence-electron chi connectivity index (χ0n) is 6.10. The highest BCUT2D eigenvalue weighted by molar-refractivity contribution is 4.59. The number of nitrogens with zero attached hydrogens (tertiary/aromatic N) is 1. The van der Waals surface area contributed by atoms with Crippen molar-refractivity contribution in [1.82, 2.24) is 4.90 Å². The molecule has 0 aromatic rings. The van der Waals surface area contributed by atoms with Crippen LogP contribution in [0.2, 0.25) is 0 Å². The smallest absolute Gasteiger partial charge is 0.0304 e. The molecule has 1 aliphatic rings. The van der Waals surface area contributed by atoms with E-state index < -0.39 is 0 Å². The van der Waals surface area contributed by atoms with E-state index in [2.05, 4.69) is 11.9 Å². The van der Waals surface area contributed by atoms with E-state index >= 15 is 0 Å². The summed E-state index contributed by atoms with van der Waals surface area (Å²) in [6.07, 6.45) is 6.96. The molecule has 0 bridgehead atoms. The van der Waals surface area contributed by atoms with Crippen molar-refractivity contribution in [3.05, 3.63) is 7.05 Å². The Hall–Kier alpha value is -0.0400. The van der Waals surface area contributed by atoms with Crippen LogP contribution in [0.25, 0.3) is 0 Å². The maximum atomic E-state index is 3.93. The zero-order chi connectivity index (χ0) is 6.53. The van der Waals surface area contributed by atoms with E-state index in [0.29, 0.717) is 0 Å². The van der Waals surface area contributed by atoms with Gasteiger partial charge in [0.2, 0.25) is 0 Å². The minimum atomic E-state index is 1.21. The molecule has 0 spiro atoms. The summed E-state index contributed by atoms with van der Waals surface area (Å²) in [5, 5.41) is 0. The van der Waals surface area contributed by atoms with Crippen molar-refractivity contribution in [1.29, 1.82) is 0 Å². The average Bonchev–Trinajstić information content (AvgIpc) is 1.79. The first-order chi connectivity index (χ1) is 4.39. The Kier molecular flexibility index (Phi) is 3.05. The van der Waals surface area contributed by atoms with Crippen LogP contribution in [-0.2, 0) is 0 Å². The largest absolute Gasteiger partial charge is 0.459 e. The van der Waals surface area contributed by atoms with E-state index in [1.165, 1.54) is 45.2 Å². The Morgan fingerprint density at radius 2 is 1.22 bits per heavy atom. The zero-order valence-corrected chi connectivity index (χ0v) is 6.10. The summed E-state index contributed by atoms with van der Waals surface area (Å²) in [6.45, 7) is 2.42. The molecule has 0 saturated carbocycles. The molecule has 9 heavy (non-hydrogen) atoms. The number of hydrogen-bond donors (Lipinski definition) is 0. The van der Waals surface area contributed by atoms with Crippen LogP contribution < -0.4 is 0 Å². The molecule has 0 unspecified atom stereocenters. The van der Waals surface area contributed by atoms with Gasteiger partial charge in [-0.1, -0.05) is 19.3 Å². The van der Waals surface area contributed by atoms with Crippen LogP contribution in [0.1, 0.15) is 32.1 Å². The lowest BCUT2D eigenvalue weighted by atomic mass is 10.1. The summed E-state index contributed by atoms with van der Waals surface area (Å²) >= 11 is 0. The molecule has 1 saturated heterocycles. The van der Waals surface area contributed by atoms with Gasteiger partial charge < -0.3 is 4.90 Å². The van der Waals surface area contributed by atoms with Gasteiger partial charge in [0, 0.05) is 0 Å². The van der Waals surface area contributed by atoms with Crippen LogP contribution in [0.15, 0.2) is 0 Å². The minimum Gasteiger partial charge on any atom is -0.459 e. The molecule has 1 heterocycles. The van der Waals surface area contributed by atoms with Gasteiger partial charge in [-0.25, -0.2) is 0 Å². The first-order valence-electron chi connectivity index (χ1n) is 3.95. The van der Waals surface area contributed by atoms with Gasteiger partial charge in [-0.3, -0.25) is 7.05 Å². The lowest BCUT2D eigenvalue weighted by molar-refractivity contribution is 0.325. The standard InChI is InChI=1S/C8H16N/c1-9-7-5-3-2-4-6-8-9/h1-8H2/q-1. The predicted molar refractivity (Wildman–Crippen MR) is 40.0 cm³/mol. The number of likely N-dealkylation sites (tertiary alicyclic amines) is 1. The normalized spacial score (nSPS) is 25.0. The summed E-state index contributed by atoms with van der Waals surface area (Å²) in [5.41, 5.74) is 0. The van der Waals surface area contributed by atoms with E-state index in [1.54, 1.807) is 0 Å². The van der Waals surface area contributed by atoms with E-state index in [-0.39, 0.29) is 0 Å². The number of rotatable bonds is 0. The molecular formula is C8H16N-. The van der Waals surface area contributed by atoms with Crippen molar-refractivity contribution >= 4 is 0 Å². The molecule has 1 rings (SSSR count). The van der Waals surface area contributed by atoms with E-state index in [9.17, 15) is 0 Å². The molecule has 0 aromatic carbocycles. The second-order valence-electron chi connectivity index (χ2n) is 2.89. The van der Waals surface area contributed by atoms with Gasteiger partial charge >= 0.3 is 0 Å². The average molecular weight is 126 g/mol. The third-order valence-electron chi connectivity index (χ3n) is 1.95. The van der Waals surface area contributed by atoms with Gasteiger partial charge in [-0.2, -0.15) is 0 Å². The third-order valence-corrected chi connectivity index (χ3v) is 1.95. The molecule has 0 aromatic heterocycles. The fourth-order valence-corrected chi connectivity index (χ4v) is 1.31. The third kappa shape index (κ3) is 2.85. The van der Waals surface area contributed by atoms with Gasteiger partial charge in [0.05, 0.1) is 0 Å². The summed E-state index contributed by atoms with van der Waals surface area (Å²) in [6, 6.07) is 0. The Bertz CT molecular complexity index is 63.0. The highest BCUT2D eigenvalue weighted by Crippen LogP contribution is 2.08. The molecule has 0 radical (unpaired) electrons. The SMILES string of the molecule is [CH2-]N1CCCCCCC1. The minimum absolute atomic E-state index is 1.21. The van der Waals surface area contributed by atoms with Crippen molar-refractivity contribution in [2.45, 2.75) is 32.1 Å². The van der Waals surface area contributed by atoms with E-state index in [4.69, 9.17) is 0 Å². The summed E-state index contributed by atoms with van der Waals surface area (Å²) in [5.74, 6) is 0.